The molecule has 0 unspecified atom stereocenters. The Bertz CT molecular complexity index is 480. The van der Waals surface area contributed by atoms with Crippen LogP contribution in [0.2, 0.25) is 0 Å². The van der Waals surface area contributed by atoms with Gasteiger partial charge in [-0.1, -0.05) is 6.92 Å². The lowest BCUT2D eigenvalue weighted by molar-refractivity contribution is 0.317. The van der Waals surface area contributed by atoms with Crippen molar-refractivity contribution >= 4 is 11.3 Å². The number of ether oxygens (including phenoxy) is 1. The summed E-state index contributed by atoms with van der Waals surface area (Å²) in [6.45, 7) is 4.32. The van der Waals surface area contributed by atoms with Gasteiger partial charge < -0.3 is 10.1 Å². The Balaban J connectivity index is 1.93. The lowest BCUT2D eigenvalue weighted by atomic mass is 10.5. The summed E-state index contributed by atoms with van der Waals surface area (Å²) in [5, 5.41) is 10.5. The Labute approximate surface area is 111 Å². The first-order valence-corrected chi connectivity index (χ1v) is 6.93. The van der Waals surface area contributed by atoms with E-state index in [4.69, 9.17) is 4.74 Å². The van der Waals surface area contributed by atoms with Gasteiger partial charge in [-0.15, -0.1) is 11.3 Å². The minimum Gasteiger partial charge on any atom is -0.490 e. The van der Waals surface area contributed by atoms with Crippen molar-refractivity contribution in [2.45, 2.75) is 26.4 Å². The van der Waals surface area contributed by atoms with Gasteiger partial charge in [0.15, 0.2) is 5.75 Å². The fraction of sp³-hybridized carbons (Fsp3) is 0.500. The predicted octanol–water partition coefficient (Wildman–Crippen LogP) is 1.90. The third-order valence-corrected chi connectivity index (χ3v) is 3.23. The molecule has 0 aliphatic heterocycles. The first kappa shape index (κ1) is 13.0. The molecule has 2 aromatic heterocycles. The van der Waals surface area contributed by atoms with E-state index in [0.29, 0.717) is 6.54 Å². The Morgan fingerprint density at radius 1 is 1.50 bits per heavy atom. The van der Waals surface area contributed by atoms with E-state index in [1.54, 1.807) is 17.5 Å². The number of thiazole rings is 1. The topological polar surface area (TPSA) is 52.0 Å². The monoisotopic (exact) mass is 266 g/mol. The van der Waals surface area contributed by atoms with Crippen LogP contribution in [0.1, 0.15) is 24.0 Å². The normalized spacial score (nSPS) is 10.8. The highest BCUT2D eigenvalue weighted by Crippen LogP contribution is 2.13. The molecule has 0 aliphatic rings. The van der Waals surface area contributed by atoms with Crippen molar-refractivity contribution < 1.29 is 4.74 Å². The number of nitrogens with one attached hydrogen (secondary N) is 1. The van der Waals surface area contributed by atoms with Crippen LogP contribution in [-0.2, 0) is 13.1 Å². The van der Waals surface area contributed by atoms with Crippen LogP contribution >= 0.6 is 11.3 Å². The van der Waals surface area contributed by atoms with Gasteiger partial charge >= 0.3 is 0 Å². The molecule has 0 aromatic carbocycles. The zero-order chi connectivity index (χ0) is 12.8. The largest absolute Gasteiger partial charge is 0.490 e. The van der Waals surface area contributed by atoms with Crippen LogP contribution in [0.4, 0.5) is 0 Å². The molecule has 0 saturated carbocycles. The number of hydrogen-bond acceptors (Lipinski definition) is 5. The van der Waals surface area contributed by atoms with Gasteiger partial charge in [-0.2, -0.15) is 5.10 Å². The van der Waals surface area contributed by atoms with Crippen molar-refractivity contribution in [1.82, 2.24) is 20.1 Å². The summed E-state index contributed by atoms with van der Waals surface area (Å²) in [7, 11) is 1.92. The summed E-state index contributed by atoms with van der Waals surface area (Å²) in [5.41, 5.74) is 1.04. The minimum absolute atomic E-state index is 0.690. The van der Waals surface area contributed by atoms with Crippen molar-refractivity contribution in [3.05, 3.63) is 28.5 Å². The average molecular weight is 266 g/mol. The molecule has 0 bridgehead atoms. The van der Waals surface area contributed by atoms with E-state index in [1.807, 2.05) is 17.9 Å². The molecule has 0 atom stereocenters. The van der Waals surface area contributed by atoms with Crippen LogP contribution in [-0.4, -0.2) is 28.4 Å². The molecule has 0 saturated heterocycles. The van der Waals surface area contributed by atoms with Gasteiger partial charge in [0, 0.05) is 11.9 Å². The summed E-state index contributed by atoms with van der Waals surface area (Å²) >= 11 is 1.67. The maximum absolute atomic E-state index is 5.51. The van der Waals surface area contributed by atoms with Crippen LogP contribution in [0.25, 0.3) is 0 Å². The van der Waals surface area contributed by atoms with Crippen LogP contribution < -0.4 is 10.1 Å². The van der Waals surface area contributed by atoms with Crippen molar-refractivity contribution in [3.8, 4) is 5.75 Å². The van der Waals surface area contributed by atoms with E-state index in [-0.39, 0.29) is 0 Å². The molecule has 0 fully saturated rings. The lowest BCUT2D eigenvalue weighted by Gasteiger charge is -1.99. The highest BCUT2D eigenvalue weighted by atomic mass is 32.1. The second-order valence-electron chi connectivity index (χ2n) is 3.98. The van der Waals surface area contributed by atoms with Crippen molar-refractivity contribution in [1.29, 1.82) is 0 Å². The van der Waals surface area contributed by atoms with Gasteiger partial charge in [0.1, 0.15) is 5.01 Å². The van der Waals surface area contributed by atoms with Crippen LogP contribution in [0, 0.1) is 0 Å². The molecule has 6 heteroatoms. The van der Waals surface area contributed by atoms with E-state index in [0.717, 1.165) is 36.0 Å². The van der Waals surface area contributed by atoms with Gasteiger partial charge in [-0.05, 0) is 13.5 Å². The third-order valence-electron chi connectivity index (χ3n) is 2.33. The van der Waals surface area contributed by atoms with Gasteiger partial charge in [0.25, 0.3) is 0 Å². The van der Waals surface area contributed by atoms with E-state index in [2.05, 4.69) is 27.7 Å². The molecule has 2 aromatic rings. The van der Waals surface area contributed by atoms with Gasteiger partial charge in [-0.3, -0.25) is 4.68 Å². The Morgan fingerprint density at radius 3 is 3.17 bits per heavy atom. The summed E-state index contributed by atoms with van der Waals surface area (Å²) < 4.78 is 7.36. The molecule has 1 N–H and O–H groups in total. The zero-order valence-corrected chi connectivity index (χ0v) is 11.5. The highest BCUT2D eigenvalue weighted by Gasteiger charge is 2.04. The first-order valence-electron chi connectivity index (χ1n) is 6.05. The van der Waals surface area contributed by atoms with E-state index < -0.39 is 0 Å². The Morgan fingerprint density at radius 2 is 2.39 bits per heavy atom. The summed E-state index contributed by atoms with van der Waals surface area (Å²) in [6, 6.07) is 0. The standard InChI is InChI=1S/C12H18N4OS/c1-3-4-17-11-5-14-16(8-11)7-10-9-18-12(15-10)6-13-2/h5,8-9,13H,3-4,6-7H2,1-2H3. The number of nitrogens with zero attached hydrogens (tertiary/aromatic N) is 3. The molecular weight excluding hydrogens is 248 g/mol. The second-order valence-corrected chi connectivity index (χ2v) is 4.93. The average Bonchev–Trinajstić information content (AvgIpc) is 2.98. The minimum atomic E-state index is 0.690. The molecule has 98 valence electrons. The van der Waals surface area contributed by atoms with Crippen LogP contribution in [0.5, 0.6) is 5.75 Å². The Hall–Kier alpha value is -1.40. The zero-order valence-electron chi connectivity index (χ0n) is 10.7. The van der Waals surface area contributed by atoms with Crippen molar-refractivity contribution in [2.24, 2.45) is 0 Å². The van der Waals surface area contributed by atoms with Gasteiger partial charge in [-0.25, -0.2) is 4.98 Å². The molecule has 0 radical (unpaired) electrons. The predicted molar refractivity (Wildman–Crippen MR) is 72.0 cm³/mol. The van der Waals surface area contributed by atoms with Crippen LogP contribution in [0.15, 0.2) is 17.8 Å². The molecule has 0 spiro atoms. The lowest BCUT2D eigenvalue weighted by Crippen LogP contribution is -2.05. The summed E-state index contributed by atoms with van der Waals surface area (Å²) in [4.78, 5) is 4.52. The second kappa shape index (κ2) is 6.51. The summed E-state index contributed by atoms with van der Waals surface area (Å²) in [6.07, 6.45) is 4.66. The summed E-state index contributed by atoms with van der Waals surface area (Å²) in [5.74, 6) is 0.822. The van der Waals surface area contributed by atoms with E-state index in [9.17, 15) is 0 Å². The highest BCUT2D eigenvalue weighted by molar-refractivity contribution is 7.09. The van der Waals surface area contributed by atoms with Crippen molar-refractivity contribution in [3.63, 3.8) is 0 Å². The number of hydrogen-bond donors (Lipinski definition) is 1. The fourth-order valence-electron chi connectivity index (χ4n) is 1.55. The van der Waals surface area contributed by atoms with Crippen molar-refractivity contribution in [2.75, 3.05) is 13.7 Å². The SMILES string of the molecule is CCCOc1cnn(Cc2csc(CNC)n2)c1. The van der Waals surface area contributed by atoms with Crippen LogP contribution in [0.3, 0.4) is 0 Å². The number of rotatable bonds is 7. The third kappa shape index (κ3) is 3.54. The number of aromatic nitrogens is 3. The molecular formula is C12H18N4OS. The molecule has 0 amide bonds. The van der Waals surface area contributed by atoms with Gasteiger partial charge in [0.2, 0.25) is 0 Å². The molecule has 18 heavy (non-hydrogen) atoms. The van der Waals surface area contributed by atoms with E-state index in [1.165, 1.54) is 0 Å². The first-order chi connectivity index (χ1) is 8.81. The quantitative estimate of drug-likeness (QED) is 0.831. The molecule has 2 heterocycles. The smallest absolute Gasteiger partial charge is 0.157 e. The maximum atomic E-state index is 5.51. The van der Waals surface area contributed by atoms with Gasteiger partial charge in [0.05, 0.1) is 31.2 Å². The Kier molecular flexibility index (Phi) is 4.72. The fourth-order valence-corrected chi connectivity index (χ4v) is 2.34. The maximum Gasteiger partial charge on any atom is 0.157 e. The molecule has 5 nitrogen and oxygen atoms in total. The molecule has 2 rings (SSSR count). The molecule has 0 aliphatic carbocycles. The van der Waals surface area contributed by atoms with E-state index >= 15 is 0 Å².